The second-order valence-corrected chi connectivity index (χ2v) is 11.6. The van der Waals surface area contributed by atoms with Crippen LogP contribution in [0.25, 0.3) is 22.0 Å². The van der Waals surface area contributed by atoms with Crippen molar-refractivity contribution in [1.82, 2.24) is 9.97 Å². The highest BCUT2D eigenvalue weighted by Crippen LogP contribution is 2.39. The van der Waals surface area contributed by atoms with Crippen LogP contribution >= 0.6 is 23.2 Å². The first-order valence-corrected chi connectivity index (χ1v) is 14.1. The average Bonchev–Trinajstić information content (AvgIpc) is 2.86. The summed E-state index contributed by atoms with van der Waals surface area (Å²) >= 11 is 12.2. The first-order valence-electron chi connectivity index (χ1n) is 11.3. The molecule has 37 heavy (non-hydrogen) atoms. The second-order valence-electron chi connectivity index (χ2n) is 9.03. The van der Waals surface area contributed by atoms with Crippen LogP contribution in [0.4, 0.5) is 5.95 Å². The van der Waals surface area contributed by atoms with Gasteiger partial charge in [0, 0.05) is 17.0 Å². The topological polar surface area (TPSA) is 105 Å². The number of nitriles is 1. The zero-order valence-electron chi connectivity index (χ0n) is 20.4. The predicted octanol–water partition coefficient (Wildman–Crippen LogP) is 6.14. The van der Waals surface area contributed by atoms with Gasteiger partial charge in [-0.2, -0.15) is 5.26 Å². The van der Waals surface area contributed by atoms with Crippen molar-refractivity contribution in [3.63, 3.8) is 0 Å². The third kappa shape index (κ3) is 5.96. The zero-order chi connectivity index (χ0) is 26.8. The summed E-state index contributed by atoms with van der Waals surface area (Å²) in [5.41, 5.74) is 4.48. The fourth-order valence-corrected chi connectivity index (χ4v) is 4.78. The molecule has 0 aliphatic heterocycles. The van der Waals surface area contributed by atoms with Crippen molar-refractivity contribution in [3.05, 3.63) is 82.5 Å². The third-order valence-corrected chi connectivity index (χ3v) is 6.99. The Hall–Kier alpha value is -3.38. The predicted molar refractivity (Wildman–Crippen MR) is 148 cm³/mol. The van der Waals surface area contributed by atoms with Gasteiger partial charge < -0.3 is 4.74 Å². The van der Waals surface area contributed by atoms with Crippen molar-refractivity contribution in [2.24, 2.45) is 0 Å². The molecule has 4 rings (SSSR count). The number of benzene rings is 3. The number of anilines is 1. The van der Waals surface area contributed by atoms with Gasteiger partial charge in [0.1, 0.15) is 12.7 Å². The van der Waals surface area contributed by atoms with E-state index in [2.05, 4.69) is 34.6 Å². The molecule has 0 bridgehead atoms. The van der Waals surface area contributed by atoms with E-state index in [-0.39, 0.29) is 12.6 Å². The number of aromatic nitrogens is 2. The highest BCUT2D eigenvalue weighted by molar-refractivity contribution is 7.91. The first-order chi connectivity index (χ1) is 17.5. The summed E-state index contributed by atoms with van der Waals surface area (Å²) in [6.07, 6.45) is 2.64. The smallest absolute Gasteiger partial charge is 0.237 e. The van der Waals surface area contributed by atoms with Crippen molar-refractivity contribution in [2.75, 3.05) is 23.5 Å². The van der Waals surface area contributed by atoms with Crippen LogP contribution in [-0.4, -0.2) is 37.1 Å². The van der Waals surface area contributed by atoms with Crippen molar-refractivity contribution < 1.29 is 13.2 Å². The maximum Gasteiger partial charge on any atom is 0.237 e. The number of rotatable bonds is 8. The molecule has 190 valence electrons. The van der Waals surface area contributed by atoms with E-state index in [1.165, 1.54) is 0 Å². The van der Waals surface area contributed by atoms with Gasteiger partial charge in [0.25, 0.3) is 0 Å². The highest BCUT2D eigenvalue weighted by Gasteiger charge is 2.26. The molecule has 0 saturated carbocycles. The number of halogens is 2. The number of hydrogen-bond donors (Lipinski definition) is 1. The molecule has 0 fully saturated rings. The lowest BCUT2D eigenvalue weighted by molar-refractivity contribution is 0.341. The average molecular weight is 555 g/mol. The van der Waals surface area contributed by atoms with Crippen LogP contribution in [0, 0.1) is 11.3 Å². The summed E-state index contributed by atoms with van der Waals surface area (Å²) in [7, 11) is -3.46. The van der Waals surface area contributed by atoms with E-state index in [4.69, 9.17) is 27.9 Å². The van der Waals surface area contributed by atoms with Gasteiger partial charge in [0.2, 0.25) is 16.0 Å². The Balaban J connectivity index is 1.62. The number of nitrogens with zero attached hydrogens (tertiary/aromatic N) is 3. The number of fused-ring (bicyclic) bond motifs is 1. The van der Waals surface area contributed by atoms with Gasteiger partial charge in [0.15, 0.2) is 5.75 Å². The molecule has 0 atom stereocenters. The summed E-state index contributed by atoms with van der Waals surface area (Å²) in [6, 6.07) is 19.7. The van der Waals surface area contributed by atoms with E-state index in [9.17, 15) is 13.7 Å². The first kappa shape index (κ1) is 26.7. The molecule has 0 saturated heterocycles. The summed E-state index contributed by atoms with van der Waals surface area (Å²) in [5.74, 6) is 0.679. The van der Waals surface area contributed by atoms with Crippen LogP contribution in [0.2, 0.25) is 5.02 Å². The van der Waals surface area contributed by atoms with E-state index >= 15 is 0 Å². The molecule has 1 N–H and O–H groups in total. The molecule has 0 amide bonds. The minimum Gasteiger partial charge on any atom is -0.489 e. The zero-order valence-corrected chi connectivity index (χ0v) is 22.7. The molecule has 7 nitrogen and oxygen atoms in total. The minimum absolute atomic E-state index is 0.0348. The molecule has 0 radical (unpaired) electrons. The van der Waals surface area contributed by atoms with Gasteiger partial charge in [-0.3, -0.25) is 4.72 Å². The summed E-state index contributed by atoms with van der Waals surface area (Å²) in [5, 5.41) is 10.8. The van der Waals surface area contributed by atoms with Gasteiger partial charge in [-0.1, -0.05) is 55.8 Å². The molecule has 4 aromatic rings. The van der Waals surface area contributed by atoms with E-state index in [0.717, 1.165) is 33.9 Å². The SMILES string of the molecule is CC(C)(c1ccc(-c2ccc3nc(NS(C)(=O)=O)ncc3c2)cc1)c1cc(Cl)c(OCCCl)c(C#N)c1. The van der Waals surface area contributed by atoms with E-state index in [0.29, 0.717) is 27.7 Å². The summed E-state index contributed by atoms with van der Waals surface area (Å²) in [4.78, 5) is 8.37. The second kappa shape index (κ2) is 10.5. The Morgan fingerprint density at radius 2 is 1.76 bits per heavy atom. The van der Waals surface area contributed by atoms with Crippen molar-refractivity contribution in [1.29, 1.82) is 5.26 Å². The van der Waals surface area contributed by atoms with Gasteiger partial charge >= 0.3 is 0 Å². The molecule has 1 heterocycles. The molecular weight excluding hydrogens is 531 g/mol. The van der Waals surface area contributed by atoms with Crippen LogP contribution in [0.1, 0.15) is 30.5 Å². The number of ether oxygens (including phenoxy) is 1. The molecule has 10 heteroatoms. The Morgan fingerprint density at radius 3 is 2.41 bits per heavy atom. The maximum atomic E-state index is 11.4. The minimum atomic E-state index is -3.46. The number of alkyl halides is 1. The van der Waals surface area contributed by atoms with Crippen molar-refractivity contribution in [2.45, 2.75) is 19.3 Å². The lowest BCUT2D eigenvalue weighted by Gasteiger charge is -2.27. The van der Waals surface area contributed by atoms with E-state index in [1.54, 1.807) is 12.3 Å². The van der Waals surface area contributed by atoms with Crippen LogP contribution in [0.15, 0.2) is 60.8 Å². The highest BCUT2D eigenvalue weighted by atomic mass is 35.5. The van der Waals surface area contributed by atoms with Gasteiger partial charge in [-0.15, -0.1) is 11.6 Å². The van der Waals surface area contributed by atoms with Crippen molar-refractivity contribution >= 4 is 50.1 Å². The van der Waals surface area contributed by atoms with Crippen LogP contribution in [0.3, 0.4) is 0 Å². The number of sulfonamides is 1. The molecular formula is C27H24Cl2N4O3S. The molecule has 0 aliphatic carbocycles. The Labute approximate surface area is 226 Å². The third-order valence-electron chi connectivity index (χ3n) is 6.01. The van der Waals surface area contributed by atoms with Crippen LogP contribution in [0.5, 0.6) is 5.75 Å². The quantitative estimate of drug-likeness (QED) is 0.262. The normalized spacial score (nSPS) is 11.8. The molecule has 1 aromatic heterocycles. The van der Waals surface area contributed by atoms with Gasteiger partial charge in [0.05, 0.1) is 28.2 Å². The van der Waals surface area contributed by atoms with Crippen LogP contribution < -0.4 is 9.46 Å². The Bertz CT molecular complexity index is 1620. The van der Waals surface area contributed by atoms with Crippen molar-refractivity contribution in [3.8, 4) is 22.9 Å². The molecule has 3 aromatic carbocycles. The number of hydrogen-bond acceptors (Lipinski definition) is 6. The monoisotopic (exact) mass is 554 g/mol. The standard InChI is InChI=1S/C27H24Cl2N4O3S/c1-27(2,22-13-19(15-30)25(23(29)14-22)36-11-10-28)21-7-4-17(5-8-21)18-6-9-24-20(12-18)16-31-26(32-24)33-37(3,34)35/h4-9,12-14,16H,10-11H2,1-3H3,(H,31,32,33). The fraction of sp³-hybridized carbons (Fsp3) is 0.222. The number of nitrogens with one attached hydrogen (secondary N) is 1. The van der Waals surface area contributed by atoms with E-state index in [1.807, 2.05) is 48.5 Å². The van der Waals surface area contributed by atoms with E-state index < -0.39 is 15.4 Å². The Kier molecular flexibility index (Phi) is 7.60. The lowest BCUT2D eigenvalue weighted by atomic mass is 9.77. The lowest BCUT2D eigenvalue weighted by Crippen LogP contribution is -2.19. The fourth-order valence-electron chi connectivity index (χ4n) is 4.00. The molecule has 0 unspecified atom stereocenters. The Morgan fingerprint density at radius 1 is 1.05 bits per heavy atom. The molecule has 0 spiro atoms. The largest absolute Gasteiger partial charge is 0.489 e. The maximum absolute atomic E-state index is 11.4. The van der Waals surface area contributed by atoms with Crippen LogP contribution in [-0.2, 0) is 15.4 Å². The van der Waals surface area contributed by atoms with Gasteiger partial charge in [-0.25, -0.2) is 18.4 Å². The summed E-state index contributed by atoms with van der Waals surface area (Å²) in [6.45, 7) is 4.41. The molecule has 0 aliphatic rings. The summed E-state index contributed by atoms with van der Waals surface area (Å²) < 4.78 is 30.8. The van der Waals surface area contributed by atoms with Gasteiger partial charge in [-0.05, 0) is 46.5 Å².